The minimum absolute atomic E-state index is 0.333. The molecule has 0 amide bonds. The summed E-state index contributed by atoms with van der Waals surface area (Å²) in [6.07, 6.45) is 5.53. The van der Waals surface area contributed by atoms with Gasteiger partial charge in [0.2, 0.25) is 0 Å². The smallest absolute Gasteiger partial charge is 0.0794 e. The molecule has 1 rings (SSSR count). The summed E-state index contributed by atoms with van der Waals surface area (Å²) >= 11 is 1.76. The highest BCUT2D eigenvalue weighted by Gasteiger charge is 2.23. The van der Waals surface area contributed by atoms with E-state index in [1.807, 2.05) is 11.7 Å². The predicted octanol–water partition coefficient (Wildman–Crippen LogP) is 3.49. The Kier molecular flexibility index (Phi) is 5.42. The van der Waals surface area contributed by atoms with Gasteiger partial charge in [-0.2, -0.15) is 0 Å². The first-order valence-corrected chi connectivity index (χ1v) is 7.02. The Bertz CT molecular complexity index is 275. The average Bonchev–Trinajstić information content (AvgIpc) is 2.68. The molecule has 0 aromatic carbocycles. The van der Waals surface area contributed by atoms with Gasteiger partial charge in [0.15, 0.2) is 0 Å². The van der Waals surface area contributed by atoms with Crippen LogP contribution >= 0.6 is 11.3 Å². The van der Waals surface area contributed by atoms with Crippen LogP contribution in [0.3, 0.4) is 0 Å². The summed E-state index contributed by atoms with van der Waals surface area (Å²) in [6.45, 7) is 10.3. The van der Waals surface area contributed by atoms with E-state index >= 15 is 0 Å². The van der Waals surface area contributed by atoms with Crippen LogP contribution in [0.2, 0.25) is 0 Å². The van der Waals surface area contributed by atoms with Gasteiger partial charge in [-0.05, 0) is 31.2 Å². The van der Waals surface area contributed by atoms with Crippen molar-refractivity contribution in [1.82, 2.24) is 10.3 Å². The zero-order chi connectivity index (χ0) is 12.0. The summed E-state index contributed by atoms with van der Waals surface area (Å²) in [5.74, 6) is 0. The fraction of sp³-hybridized carbons (Fsp3) is 0.769. The minimum Gasteiger partial charge on any atom is -0.313 e. The van der Waals surface area contributed by atoms with Gasteiger partial charge in [-0.1, -0.05) is 27.7 Å². The van der Waals surface area contributed by atoms with Gasteiger partial charge in [0.1, 0.15) is 0 Å². The molecule has 0 aliphatic rings. The van der Waals surface area contributed by atoms with E-state index < -0.39 is 0 Å². The first-order chi connectivity index (χ1) is 7.54. The molecule has 0 bridgehead atoms. The lowest BCUT2D eigenvalue weighted by Gasteiger charge is -2.31. The van der Waals surface area contributed by atoms with E-state index in [0.29, 0.717) is 11.5 Å². The van der Waals surface area contributed by atoms with Gasteiger partial charge in [-0.3, -0.25) is 4.98 Å². The molecule has 0 radical (unpaired) electrons. The SMILES string of the molecule is CCCNC(CCc1cncs1)C(C)(C)C. The molecule has 3 heteroatoms. The van der Waals surface area contributed by atoms with Crippen LogP contribution in [-0.4, -0.2) is 17.6 Å². The highest BCUT2D eigenvalue weighted by molar-refractivity contribution is 7.09. The van der Waals surface area contributed by atoms with Crippen LogP contribution in [-0.2, 0) is 6.42 Å². The molecule has 1 atom stereocenters. The van der Waals surface area contributed by atoms with Crippen molar-refractivity contribution in [2.45, 2.75) is 53.0 Å². The van der Waals surface area contributed by atoms with E-state index in [4.69, 9.17) is 0 Å². The highest BCUT2D eigenvalue weighted by atomic mass is 32.1. The van der Waals surface area contributed by atoms with Crippen LogP contribution in [0.4, 0.5) is 0 Å². The molecular formula is C13H24N2S. The van der Waals surface area contributed by atoms with Crippen LogP contribution in [0.5, 0.6) is 0 Å². The summed E-state index contributed by atoms with van der Waals surface area (Å²) in [5.41, 5.74) is 2.25. The molecule has 0 fully saturated rings. The number of thiazole rings is 1. The second kappa shape index (κ2) is 6.36. The summed E-state index contributed by atoms with van der Waals surface area (Å²) in [4.78, 5) is 5.52. The normalized spacial score (nSPS) is 14.0. The number of rotatable bonds is 6. The Labute approximate surface area is 103 Å². The summed E-state index contributed by atoms with van der Waals surface area (Å²) in [6, 6.07) is 0.592. The van der Waals surface area contributed by atoms with Gasteiger partial charge >= 0.3 is 0 Å². The molecule has 1 unspecified atom stereocenters. The Morgan fingerprint density at radius 1 is 1.44 bits per heavy atom. The molecule has 92 valence electrons. The lowest BCUT2D eigenvalue weighted by atomic mass is 9.84. The minimum atomic E-state index is 0.333. The van der Waals surface area contributed by atoms with E-state index in [2.05, 4.69) is 38.0 Å². The largest absolute Gasteiger partial charge is 0.313 e. The fourth-order valence-corrected chi connectivity index (χ4v) is 2.43. The van der Waals surface area contributed by atoms with Gasteiger partial charge in [-0.25, -0.2) is 0 Å². The second-order valence-corrected chi connectivity index (χ2v) is 6.35. The van der Waals surface area contributed by atoms with Crippen molar-refractivity contribution in [3.63, 3.8) is 0 Å². The first-order valence-electron chi connectivity index (χ1n) is 6.14. The van der Waals surface area contributed by atoms with E-state index in [9.17, 15) is 0 Å². The molecule has 0 saturated heterocycles. The molecule has 0 aliphatic heterocycles. The zero-order valence-electron chi connectivity index (χ0n) is 10.9. The number of nitrogens with one attached hydrogen (secondary N) is 1. The lowest BCUT2D eigenvalue weighted by Crippen LogP contribution is -2.41. The predicted molar refractivity (Wildman–Crippen MR) is 72.0 cm³/mol. The summed E-state index contributed by atoms with van der Waals surface area (Å²) in [5, 5.41) is 3.66. The maximum absolute atomic E-state index is 4.12. The lowest BCUT2D eigenvalue weighted by molar-refractivity contribution is 0.255. The van der Waals surface area contributed by atoms with Gasteiger partial charge in [0.05, 0.1) is 5.51 Å². The molecule has 2 nitrogen and oxygen atoms in total. The van der Waals surface area contributed by atoms with Crippen LogP contribution in [0, 0.1) is 5.41 Å². The number of nitrogens with zero attached hydrogens (tertiary/aromatic N) is 1. The Hall–Kier alpha value is -0.410. The summed E-state index contributed by atoms with van der Waals surface area (Å²) in [7, 11) is 0. The topological polar surface area (TPSA) is 24.9 Å². The number of hydrogen-bond donors (Lipinski definition) is 1. The maximum Gasteiger partial charge on any atom is 0.0794 e. The van der Waals surface area contributed by atoms with Crippen molar-refractivity contribution in [3.05, 3.63) is 16.6 Å². The van der Waals surface area contributed by atoms with Crippen LogP contribution < -0.4 is 5.32 Å². The number of aromatic nitrogens is 1. The van der Waals surface area contributed by atoms with Crippen LogP contribution in [0.15, 0.2) is 11.7 Å². The van der Waals surface area contributed by atoms with Crippen molar-refractivity contribution in [1.29, 1.82) is 0 Å². The van der Waals surface area contributed by atoms with Crippen LogP contribution in [0.1, 0.15) is 45.4 Å². The maximum atomic E-state index is 4.12. The van der Waals surface area contributed by atoms with E-state index in [1.165, 1.54) is 17.7 Å². The number of hydrogen-bond acceptors (Lipinski definition) is 3. The van der Waals surface area contributed by atoms with Gasteiger partial charge < -0.3 is 5.32 Å². The quantitative estimate of drug-likeness (QED) is 0.823. The third-order valence-electron chi connectivity index (χ3n) is 2.85. The van der Waals surface area contributed by atoms with Crippen LogP contribution in [0.25, 0.3) is 0 Å². The molecular weight excluding hydrogens is 216 g/mol. The molecule has 1 heterocycles. The average molecular weight is 240 g/mol. The van der Waals surface area contributed by atoms with Crippen molar-refractivity contribution in [2.24, 2.45) is 5.41 Å². The number of aryl methyl sites for hydroxylation is 1. The van der Waals surface area contributed by atoms with Gasteiger partial charge in [-0.15, -0.1) is 11.3 Å². The monoisotopic (exact) mass is 240 g/mol. The second-order valence-electron chi connectivity index (χ2n) is 5.38. The first kappa shape index (κ1) is 13.7. The van der Waals surface area contributed by atoms with E-state index in [0.717, 1.165) is 13.0 Å². The van der Waals surface area contributed by atoms with E-state index in [-0.39, 0.29) is 0 Å². The van der Waals surface area contributed by atoms with Crippen molar-refractivity contribution < 1.29 is 0 Å². The molecule has 1 aromatic heterocycles. The van der Waals surface area contributed by atoms with Crippen molar-refractivity contribution in [3.8, 4) is 0 Å². The Balaban J connectivity index is 2.44. The molecule has 0 saturated carbocycles. The standard InChI is InChI=1S/C13H24N2S/c1-5-8-15-12(13(2,3)4)7-6-11-9-14-10-16-11/h9-10,12,15H,5-8H2,1-4H3. The zero-order valence-corrected chi connectivity index (χ0v) is 11.7. The third-order valence-corrected chi connectivity index (χ3v) is 3.69. The molecule has 0 aliphatic carbocycles. The van der Waals surface area contributed by atoms with E-state index in [1.54, 1.807) is 11.3 Å². The highest BCUT2D eigenvalue weighted by Crippen LogP contribution is 2.23. The van der Waals surface area contributed by atoms with Crippen molar-refractivity contribution >= 4 is 11.3 Å². The molecule has 1 N–H and O–H groups in total. The fourth-order valence-electron chi connectivity index (χ4n) is 1.81. The van der Waals surface area contributed by atoms with Crippen molar-refractivity contribution in [2.75, 3.05) is 6.54 Å². The Morgan fingerprint density at radius 2 is 2.19 bits per heavy atom. The molecule has 0 spiro atoms. The van der Waals surface area contributed by atoms with Gasteiger partial charge in [0, 0.05) is 17.1 Å². The van der Waals surface area contributed by atoms with Gasteiger partial charge in [0.25, 0.3) is 0 Å². The molecule has 1 aromatic rings. The summed E-state index contributed by atoms with van der Waals surface area (Å²) < 4.78 is 0. The molecule has 16 heavy (non-hydrogen) atoms. The Morgan fingerprint density at radius 3 is 2.69 bits per heavy atom. The third kappa shape index (κ3) is 4.62.